The Bertz CT molecular complexity index is 1080. The van der Waals surface area contributed by atoms with Gasteiger partial charge in [0.2, 0.25) is 0 Å². The van der Waals surface area contributed by atoms with E-state index in [0.717, 1.165) is 4.90 Å². The van der Waals surface area contributed by atoms with E-state index in [1.54, 1.807) is 37.4 Å². The molecule has 1 unspecified atom stereocenters. The molecule has 1 N–H and O–H groups in total. The second-order valence-electron chi connectivity index (χ2n) is 6.79. The third-order valence-electron chi connectivity index (χ3n) is 5.11. The number of carbonyl (C=O) groups is 2. The molecule has 1 atom stereocenters. The maximum atomic E-state index is 14.0. The fourth-order valence-electron chi connectivity index (χ4n) is 3.52. The van der Waals surface area contributed by atoms with Crippen molar-refractivity contribution in [2.75, 3.05) is 0 Å². The molecule has 29 heavy (non-hydrogen) atoms. The van der Waals surface area contributed by atoms with Gasteiger partial charge in [0, 0.05) is 6.20 Å². The molecular weight excluding hydrogens is 378 g/mol. The van der Waals surface area contributed by atoms with E-state index in [2.05, 4.69) is 10.4 Å². The summed E-state index contributed by atoms with van der Waals surface area (Å²) in [6.07, 6.45) is 1.88. The topological polar surface area (TPSA) is 67.2 Å². The summed E-state index contributed by atoms with van der Waals surface area (Å²) < 4.78 is 28.6. The normalized spacial score (nSPS) is 18.9. The highest BCUT2D eigenvalue weighted by Gasteiger charge is 2.51. The van der Waals surface area contributed by atoms with Crippen LogP contribution in [0.2, 0.25) is 0 Å². The molecule has 1 aliphatic rings. The molecule has 2 aromatic carbocycles. The Morgan fingerprint density at radius 3 is 2.45 bits per heavy atom. The second kappa shape index (κ2) is 7.12. The smallest absolute Gasteiger partial charge is 0.319 e. The monoisotopic (exact) mass is 396 g/mol. The zero-order chi connectivity index (χ0) is 20.6. The van der Waals surface area contributed by atoms with Gasteiger partial charge in [0.15, 0.2) is 0 Å². The van der Waals surface area contributed by atoms with Crippen molar-refractivity contribution in [3.05, 3.63) is 83.7 Å². The lowest BCUT2D eigenvalue weighted by Gasteiger charge is -2.25. The highest BCUT2D eigenvalue weighted by molar-refractivity contribution is 6.07. The Labute approximate surface area is 165 Å². The Kier molecular flexibility index (Phi) is 4.62. The van der Waals surface area contributed by atoms with Crippen LogP contribution in [-0.4, -0.2) is 26.6 Å². The van der Waals surface area contributed by atoms with Crippen molar-refractivity contribution in [1.29, 1.82) is 0 Å². The van der Waals surface area contributed by atoms with Crippen LogP contribution >= 0.6 is 0 Å². The highest BCUT2D eigenvalue weighted by Crippen LogP contribution is 2.33. The quantitative estimate of drug-likeness (QED) is 0.671. The zero-order valence-electron chi connectivity index (χ0n) is 15.6. The number of nitrogens with zero attached hydrogens (tertiary/aromatic N) is 3. The number of urea groups is 1. The first kappa shape index (κ1) is 18.8. The molecule has 0 bridgehead atoms. The van der Waals surface area contributed by atoms with Crippen LogP contribution in [0.5, 0.6) is 0 Å². The van der Waals surface area contributed by atoms with Gasteiger partial charge < -0.3 is 5.32 Å². The van der Waals surface area contributed by atoms with Crippen LogP contribution in [0.1, 0.15) is 24.6 Å². The van der Waals surface area contributed by atoms with Gasteiger partial charge in [-0.3, -0.25) is 9.69 Å². The predicted molar refractivity (Wildman–Crippen MR) is 101 cm³/mol. The van der Waals surface area contributed by atoms with Gasteiger partial charge in [0.05, 0.1) is 12.2 Å². The summed E-state index contributed by atoms with van der Waals surface area (Å²) >= 11 is 0. The summed E-state index contributed by atoms with van der Waals surface area (Å²) in [5, 5.41) is 7.03. The first-order valence-corrected chi connectivity index (χ1v) is 9.14. The van der Waals surface area contributed by atoms with Crippen molar-refractivity contribution >= 4 is 11.9 Å². The van der Waals surface area contributed by atoms with E-state index in [9.17, 15) is 18.4 Å². The molecule has 2 heterocycles. The maximum absolute atomic E-state index is 14.0. The van der Waals surface area contributed by atoms with Crippen molar-refractivity contribution in [1.82, 2.24) is 20.0 Å². The van der Waals surface area contributed by atoms with Crippen LogP contribution in [0.25, 0.3) is 5.69 Å². The first-order valence-electron chi connectivity index (χ1n) is 9.14. The Morgan fingerprint density at radius 2 is 1.76 bits per heavy atom. The maximum Gasteiger partial charge on any atom is 0.325 e. The lowest BCUT2D eigenvalue weighted by molar-refractivity contribution is -0.132. The molecule has 4 rings (SSSR count). The highest BCUT2D eigenvalue weighted by atomic mass is 19.1. The van der Waals surface area contributed by atoms with Gasteiger partial charge in [-0.25, -0.2) is 18.3 Å². The average Bonchev–Trinajstić information content (AvgIpc) is 3.28. The molecule has 1 aliphatic heterocycles. The predicted octanol–water partition coefficient (Wildman–Crippen LogP) is 3.51. The summed E-state index contributed by atoms with van der Waals surface area (Å²) in [4.78, 5) is 26.8. The van der Waals surface area contributed by atoms with Crippen LogP contribution in [0, 0.1) is 11.6 Å². The number of amides is 3. The van der Waals surface area contributed by atoms with Gasteiger partial charge in [0.1, 0.15) is 22.9 Å². The van der Waals surface area contributed by atoms with Gasteiger partial charge in [-0.15, -0.1) is 0 Å². The molecule has 3 aromatic rings. The molecule has 1 saturated heterocycles. The van der Waals surface area contributed by atoms with Crippen molar-refractivity contribution in [2.24, 2.45) is 0 Å². The SMILES string of the molecule is CCC1(c2ccc(F)cc2)NC(=O)N(Cc2ccn(-c3ccccc3F)n2)C1=O. The first-order chi connectivity index (χ1) is 13.9. The van der Waals surface area contributed by atoms with Crippen molar-refractivity contribution in [3.63, 3.8) is 0 Å². The largest absolute Gasteiger partial charge is 0.325 e. The molecule has 1 aromatic heterocycles. The summed E-state index contributed by atoms with van der Waals surface area (Å²) in [5.41, 5.74) is -0.0362. The summed E-state index contributed by atoms with van der Waals surface area (Å²) in [6, 6.07) is 12.7. The molecule has 3 amide bonds. The molecule has 0 aliphatic carbocycles. The molecular formula is C21H18F2N4O2. The minimum atomic E-state index is -1.25. The van der Waals surface area contributed by atoms with Crippen molar-refractivity contribution < 1.29 is 18.4 Å². The molecule has 0 saturated carbocycles. The van der Waals surface area contributed by atoms with Gasteiger partial charge in [0.25, 0.3) is 5.91 Å². The standard InChI is InChI=1S/C21H18F2N4O2/c1-2-21(14-7-9-15(22)10-8-14)19(28)26(20(29)24-21)13-16-11-12-27(25-16)18-6-4-3-5-17(18)23/h3-12H,2,13H2,1H3,(H,24,29). The summed E-state index contributed by atoms with van der Waals surface area (Å²) in [6.45, 7) is 1.72. The van der Waals surface area contributed by atoms with Crippen molar-refractivity contribution in [3.8, 4) is 5.69 Å². The lowest BCUT2D eigenvalue weighted by Crippen LogP contribution is -2.43. The number of para-hydroxylation sites is 1. The van der Waals surface area contributed by atoms with Gasteiger partial charge >= 0.3 is 6.03 Å². The number of aromatic nitrogens is 2. The van der Waals surface area contributed by atoms with Crippen LogP contribution in [-0.2, 0) is 16.9 Å². The Hall–Kier alpha value is -3.55. The van der Waals surface area contributed by atoms with Crippen LogP contribution in [0.3, 0.4) is 0 Å². The molecule has 0 spiro atoms. The number of carbonyl (C=O) groups excluding carboxylic acids is 2. The van der Waals surface area contributed by atoms with Gasteiger partial charge in [-0.2, -0.15) is 5.10 Å². The van der Waals surface area contributed by atoms with E-state index in [1.807, 2.05) is 0 Å². The van der Waals surface area contributed by atoms with Crippen LogP contribution in [0.4, 0.5) is 13.6 Å². The average molecular weight is 396 g/mol. The van der Waals surface area contributed by atoms with E-state index < -0.39 is 29.1 Å². The number of rotatable bonds is 5. The number of nitrogens with one attached hydrogen (secondary N) is 1. The molecule has 148 valence electrons. The van der Waals surface area contributed by atoms with E-state index in [-0.39, 0.29) is 12.2 Å². The van der Waals surface area contributed by atoms with Crippen LogP contribution < -0.4 is 5.32 Å². The van der Waals surface area contributed by atoms with Crippen LogP contribution in [0.15, 0.2) is 60.8 Å². The van der Waals surface area contributed by atoms with E-state index in [1.165, 1.54) is 35.0 Å². The zero-order valence-corrected chi connectivity index (χ0v) is 15.6. The Morgan fingerprint density at radius 1 is 1.03 bits per heavy atom. The molecule has 6 nitrogen and oxygen atoms in total. The van der Waals surface area contributed by atoms with Crippen molar-refractivity contribution in [2.45, 2.75) is 25.4 Å². The lowest BCUT2D eigenvalue weighted by atomic mass is 9.87. The number of imide groups is 1. The number of halogens is 2. The number of benzene rings is 2. The second-order valence-corrected chi connectivity index (χ2v) is 6.79. The summed E-state index contributed by atoms with van der Waals surface area (Å²) in [7, 11) is 0. The number of hydrogen-bond acceptors (Lipinski definition) is 3. The molecule has 0 radical (unpaired) electrons. The number of hydrogen-bond donors (Lipinski definition) is 1. The minimum absolute atomic E-state index is 0.0605. The van der Waals surface area contributed by atoms with E-state index in [0.29, 0.717) is 17.7 Å². The van der Waals surface area contributed by atoms with E-state index >= 15 is 0 Å². The third-order valence-corrected chi connectivity index (χ3v) is 5.11. The molecule has 8 heteroatoms. The van der Waals surface area contributed by atoms with Gasteiger partial charge in [-0.1, -0.05) is 31.2 Å². The fourth-order valence-corrected chi connectivity index (χ4v) is 3.52. The van der Waals surface area contributed by atoms with Gasteiger partial charge in [-0.05, 0) is 42.3 Å². The molecule has 1 fully saturated rings. The Balaban J connectivity index is 1.60. The summed E-state index contributed by atoms with van der Waals surface area (Å²) in [5.74, 6) is -1.29. The fraction of sp³-hybridized carbons (Fsp3) is 0.190. The third kappa shape index (κ3) is 3.16. The van der Waals surface area contributed by atoms with E-state index in [4.69, 9.17) is 0 Å². The minimum Gasteiger partial charge on any atom is -0.319 e.